The van der Waals surface area contributed by atoms with Crippen LogP contribution in [-0.2, 0) is 19.1 Å². The Bertz CT molecular complexity index is 788. The van der Waals surface area contributed by atoms with Crippen molar-refractivity contribution in [1.29, 1.82) is 0 Å². The summed E-state index contributed by atoms with van der Waals surface area (Å²) >= 11 is 0. The molecule has 1 aliphatic rings. The number of aryl methyl sites for hydroxylation is 1. The van der Waals surface area contributed by atoms with Crippen molar-refractivity contribution in [3.63, 3.8) is 0 Å². The average Bonchev–Trinajstić information content (AvgIpc) is 2.82. The Morgan fingerprint density at radius 1 is 1.12 bits per heavy atom. The van der Waals surface area contributed by atoms with Crippen molar-refractivity contribution < 1.29 is 28.9 Å². The van der Waals surface area contributed by atoms with Crippen molar-refractivity contribution in [2.75, 3.05) is 0 Å². The lowest BCUT2D eigenvalue weighted by Gasteiger charge is -2.27. The third-order valence-corrected chi connectivity index (χ3v) is 3.77. The zero-order valence-corrected chi connectivity index (χ0v) is 13.5. The summed E-state index contributed by atoms with van der Waals surface area (Å²) in [6.07, 6.45) is -0.734. The van der Waals surface area contributed by atoms with Gasteiger partial charge < -0.3 is 19.3 Å². The van der Waals surface area contributed by atoms with Crippen LogP contribution in [0.2, 0.25) is 0 Å². The highest BCUT2D eigenvalue weighted by Gasteiger charge is 2.47. The molecule has 1 unspecified atom stereocenters. The van der Waals surface area contributed by atoms with E-state index >= 15 is 0 Å². The number of phenolic OH excluding ortho intramolecular Hbond substituents is 1. The van der Waals surface area contributed by atoms with Gasteiger partial charge in [-0.25, -0.2) is 9.59 Å². The van der Waals surface area contributed by atoms with Gasteiger partial charge >= 0.3 is 17.8 Å². The van der Waals surface area contributed by atoms with Gasteiger partial charge in [0.25, 0.3) is 0 Å². The normalized spacial score (nSPS) is 16.9. The molecule has 7 nitrogen and oxygen atoms in total. The largest absolute Gasteiger partial charge is 0.508 e. The SMILES string of the molecule is Cc1cc(O)ccc1OC(CC1(N)OC(=O)C(=O)O1)c1ccccc1. The lowest BCUT2D eigenvalue weighted by molar-refractivity contribution is -0.185. The summed E-state index contributed by atoms with van der Waals surface area (Å²) in [4.78, 5) is 22.6. The summed E-state index contributed by atoms with van der Waals surface area (Å²) < 4.78 is 15.7. The lowest BCUT2D eigenvalue weighted by Crippen LogP contribution is -2.43. The number of carbonyl (C=O) groups excluding carboxylic acids is 2. The molecule has 1 atom stereocenters. The van der Waals surface area contributed by atoms with Crippen LogP contribution in [0, 0.1) is 6.92 Å². The number of benzene rings is 2. The second-order valence-corrected chi connectivity index (χ2v) is 5.76. The van der Waals surface area contributed by atoms with Crippen molar-refractivity contribution >= 4 is 11.9 Å². The lowest BCUT2D eigenvalue weighted by atomic mass is 10.0. The van der Waals surface area contributed by atoms with Gasteiger partial charge in [0.05, 0.1) is 6.42 Å². The Morgan fingerprint density at radius 3 is 2.36 bits per heavy atom. The Hall–Kier alpha value is -3.06. The molecular formula is C18H17NO6. The number of aromatic hydroxyl groups is 1. The van der Waals surface area contributed by atoms with Gasteiger partial charge in [-0.05, 0) is 36.2 Å². The van der Waals surface area contributed by atoms with Gasteiger partial charge in [0, 0.05) is 0 Å². The fourth-order valence-electron chi connectivity index (χ4n) is 2.57. The van der Waals surface area contributed by atoms with Crippen LogP contribution in [0.4, 0.5) is 0 Å². The fraction of sp³-hybridized carbons (Fsp3) is 0.222. The molecule has 1 fully saturated rings. The minimum absolute atomic E-state index is 0.0885. The van der Waals surface area contributed by atoms with E-state index in [4.69, 9.17) is 19.9 Å². The summed E-state index contributed by atoms with van der Waals surface area (Å²) in [7, 11) is 0. The fourth-order valence-corrected chi connectivity index (χ4v) is 2.57. The molecule has 0 aliphatic carbocycles. The first-order valence-electron chi connectivity index (χ1n) is 7.63. The summed E-state index contributed by atoms with van der Waals surface area (Å²) in [6.45, 7) is 1.78. The van der Waals surface area contributed by atoms with Gasteiger partial charge in [-0.1, -0.05) is 30.3 Å². The number of ether oxygens (including phenoxy) is 3. The Labute approximate surface area is 143 Å². The second-order valence-electron chi connectivity index (χ2n) is 5.76. The van der Waals surface area contributed by atoms with Crippen LogP contribution in [0.1, 0.15) is 23.7 Å². The molecule has 0 saturated carbocycles. The highest BCUT2D eigenvalue weighted by atomic mass is 16.8. The third kappa shape index (κ3) is 3.72. The maximum Gasteiger partial charge on any atom is 0.421 e. The van der Waals surface area contributed by atoms with Gasteiger partial charge in [0.15, 0.2) is 0 Å². The molecule has 1 heterocycles. The molecule has 7 heteroatoms. The number of hydrogen-bond donors (Lipinski definition) is 2. The van der Waals surface area contributed by atoms with Crippen molar-refractivity contribution in [3.05, 3.63) is 59.7 Å². The summed E-state index contributed by atoms with van der Waals surface area (Å²) in [5, 5.41) is 9.53. The summed E-state index contributed by atoms with van der Waals surface area (Å²) in [5.41, 5.74) is 7.37. The molecule has 2 aromatic carbocycles. The number of carbonyl (C=O) groups is 2. The van der Waals surface area contributed by atoms with Crippen LogP contribution >= 0.6 is 0 Å². The molecule has 0 spiro atoms. The van der Waals surface area contributed by atoms with Crippen LogP contribution in [0.3, 0.4) is 0 Å². The first kappa shape index (κ1) is 16.8. The zero-order chi connectivity index (χ0) is 18.0. The van der Waals surface area contributed by atoms with Gasteiger partial charge in [-0.3, -0.25) is 5.73 Å². The van der Waals surface area contributed by atoms with E-state index in [1.165, 1.54) is 6.07 Å². The quantitative estimate of drug-likeness (QED) is 0.631. The summed E-state index contributed by atoms with van der Waals surface area (Å²) in [6, 6.07) is 13.8. The van der Waals surface area contributed by atoms with Crippen LogP contribution in [-0.4, -0.2) is 23.0 Å². The Kier molecular flexibility index (Phi) is 4.33. The van der Waals surface area contributed by atoms with Crippen LogP contribution in [0.15, 0.2) is 48.5 Å². The second kappa shape index (κ2) is 6.45. The van der Waals surface area contributed by atoms with Crippen molar-refractivity contribution in [3.8, 4) is 11.5 Å². The first-order valence-corrected chi connectivity index (χ1v) is 7.63. The third-order valence-electron chi connectivity index (χ3n) is 3.77. The van der Waals surface area contributed by atoms with E-state index in [1.807, 2.05) is 30.3 Å². The van der Waals surface area contributed by atoms with Gasteiger partial charge in [-0.15, -0.1) is 0 Å². The first-order chi connectivity index (χ1) is 11.9. The maximum atomic E-state index is 11.3. The molecule has 0 bridgehead atoms. The number of rotatable bonds is 5. The minimum atomic E-state index is -1.89. The number of nitrogens with two attached hydrogens (primary N) is 1. The molecule has 0 amide bonds. The highest BCUT2D eigenvalue weighted by Crippen LogP contribution is 2.34. The number of phenols is 1. The molecule has 2 aromatic rings. The molecular weight excluding hydrogens is 326 g/mol. The van der Waals surface area contributed by atoms with Gasteiger partial charge in [0.2, 0.25) is 0 Å². The average molecular weight is 343 g/mol. The molecule has 1 saturated heterocycles. The number of cyclic esters (lactones) is 2. The molecule has 25 heavy (non-hydrogen) atoms. The van der Waals surface area contributed by atoms with E-state index in [-0.39, 0.29) is 12.2 Å². The number of esters is 2. The standard InChI is InChI=1S/C18H17NO6/c1-11-9-13(20)7-8-14(11)23-15(12-5-3-2-4-6-12)10-18(19)24-16(21)17(22)25-18/h2-9,15,20H,10,19H2,1H3. The predicted molar refractivity (Wildman–Crippen MR) is 86.4 cm³/mol. The van der Waals surface area contributed by atoms with Crippen LogP contribution in [0.5, 0.6) is 11.5 Å². The monoisotopic (exact) mass is 343 g/mol. The van der Waals surface area contributed by atoms with E-state index < -0.39 is 24.0 Å². The van der Waals surface area contributed by atoms with E-state index in [1.54, 1.807) is 19.1 Å². The topological polar surface area (TPSA) is 108 Å². The van der Waals surface area contributed by atoms with Crippen molar-refractivity contribution in [2.45, 2.75) is 25.4 Å². The Morgan fingerprint density at radius 2 is 1.76 bits per heavy atom. The van der Waals surface area contributed by atoms with Crippen LogP contribution in [0.25, 0.3) is 0 Å². The molecule has 1 aliphatic heterocycles. The van der Waals surface area contributed by atoms with Crippen LogP contribution < -0.4 is 10.5 Å². The van der Waals surface area contributed by atoms with Crippen molar-refractivity contribution in [2.24, 2.45) is 5.73 Å². The van der Waals surface area contributed by atoms with E-state index in [2.05, 4.69) is 0 Å². The molecule has 0 aromatic heterocycles. The van der Waals surface area contributed by atoms with Gasteiger partial charge in [0.1, 0.15) is 17.6 Å². The molecule has 3 N–H and O–H groups in total. The predicted octanol–water partition coefficient (Wildman–Crippen LogP) is 1.92. The maximum absolute atomic E-state index is 11.3. The Balaban J connectivity index is 1.88. The molecule has 3 rings (SSSR count). The van der Waals surface area contributed by atoms with E-state index in [0.29, 0.717) is 11.3 Å². The minimum Gasteiger partial charge on any atom is -0.508 e. The molecule has 0 radical (unpaired) electrons. The van der Waals surface area contributed by atoms with E-state index in [9.17, 15) is 14.7 Å². The summed E-state index contributed by atoms with van der Waals surface area (Å²) in [5.74, 6) is -3.51. The number of hydrogen-bond acceptors (Lipinski definition) is 7. The van der Waals surface area contributed by atoms with Crippen molar-refractivity contribution in [1.82, 2.24) is 0 Å². The zero-order valence-electron chi connectivity index (χ0n) is 13.5. The molecule has 130 valence electrons. The van der Waals surface area contributed by atoms with E-state index in [0.717, 1.165) is 5.56 Å². The smallest absolute Gasteiger partial charge is 0.421 e. The van der Waals surface area contributed by atoms with Gasteiger partial charge in [-0.2, -0.15) is 0 Å². The highest BCUT2D eigenvalue weighted by molar-refractivity contribution is 6.31.